The highest BCUT2D eigenvalue weighted by Crippen LogP contribution is 2.63. The molecule has 4 nitrogen and oxygen atoms in total. The van der Waals surface area contributed by atoms with Gasteiger partial charge >= 0.3 is 0 Å². The second-order valence-corrected chi connectivity index (χ2v) is 9.26. The van der Waals surface area contributed by atoms with Crippen LogP contribution in [0.15, 0.2) is 4.52 Å². The Hall–Kier alpha value is -0.670. The first-order chi connectivity index (χ1) is 9.45. The molecule has 1 aromatic heterocycles. The summed E-state index contributed by atoms with van der Waals surface area (Å²) in [6.07, 6.45) is 0. The standard InChI is InChI=1S/C14H19N3OS2/c1-7-8(2)20-10(6-19-7)12-16-13(18-17-12)11-9(5-15)14(11,3)4/h7-11H,6H2,1-4H3. The van der Waals surface area contributed by atoms with E-state index in [1.807, 2.05) is 23.5 Å². The van der Waals surface area contributed by atoms with Crippen LogP contribution >= 0.6 is 23.5 Å². The molecule has 108 valence electrons. The molecule has 20 heavy (non-hydrogen) atoms. The highest BCUT2D eigenvalue weighted by molar-refractivity contribution is 8.07. The maximum absolute atomic E-state index is 9.15. The molecule has 2 fully saturated rings. The Bertz CT molecular complexity index is 551. The first-order valence-corrected chi connectivity index (χ1v) is 8.94. The van der Waals surface area contributed by atoms with Crippen LogP contribution in [-0.2, 0) is 0 Å². The SMILES string of the molecule is CC1SCC(c2noc(C3C(C#N)C3(C)C)n2)SC1C. The van der Waals surface area contributed by atoms with Gasteiger partial charge in [-0.05, 0) is 5.41 Å². The summed E-state index contributed by atoms with van der Waals surface area (Å²) < 4.78 is 5.44. The van der Waals surface area contributed by atoms with Gasteiger partial charge in [0, 0.05) is 16.3 Å². The minimum atomic E-state index is -0.0329. The summed E-state index contributed by atoms with van der Waals surface area (Å²) in [6, 6.07) is 2.34. The predicted molar refractivity (Wildman–Crippen MR) is 81.6 cm³/mol. The second kappa shape index (κ2) is 4.96. The summed E-state index contributed by atoms with van der Waals surface area (Å²) >= 11 is 3.90. The van der Waals surface area contributed by atoms with Gasteiger partial charge in [-0.15, -0.1) is 11.8 Å². The number of nitriles is 1. The highest BCUT2D eigenvalue weighted by atomic mass is 32.2. The molecular formula is C14H19N3OS2. The average Bonchev–Trinajstić information content (AvgIpc) is 2.76. The Morgan fingerprint density at radius 1 is 1.35 bits per heavy atom. The second-order valence-electron chi connectivity index (χ2n) is 6.26. The largest absolute Gasteiger partial charge is 0.339 e. The number of thioether (sulfide) groups is 2. The predicted octanol–water partition coefficient (Wildman–Crippen LogP) is 3.63. The Labute approximate surface area is 128 Å². The molecule has 0 spiro atoms. The fourth-order valence-electron chi connectivity index (χ4n) is 2.76. The van der Waals surface area contributed by atoms with Crippen LogP contribution < -0.4 is 0 Å². The monoisotopic (exact) mass is 309 g/mol. The van der Waals surface area contributed by atoms with E-state index in [4.69, 9.17) is 9.78 Å². The zero-order valence-corrected chi connectivity index (χ0v) is 13.8. The quantitative estimate of drug-likeness (QED) is 0.831. The average molecular weight is 309 g/mol. The van der Waals surface area contributed by atoms with Crippen molar-refractivity contribution in [1.29, 1.82) is 5.26 Å². The zero-order valence-electron chi connectivity index (χ0n) is 12.2. The number of rotatable bonds is 2. The minimum absolute atomic E-state index is 0.00290. The first-order valence-electron chi connectivity index (χ1n) is 6.95. The van der Waals surface area contributed by atoms with E-state index in [1.165, 1.54) is 0 Å². The Morgan fingerprint density at radius 2 is 2.10 bits per heavy atom. The molecule has 1 aliphatic carbocycles. The number of hydrogen-bond acceptors (Lipinski definition) is 6. The first kappa shape index (κ1) is 14.3. The van der Waals surface area contributed by atoms with Crippen molar-refractivity contribution in [3.63, 3.8) is 0 Å². The van der Waals surface area contributed by atoms with Gasteiger partial charge in [0.05, 0.1) is 23.2 Å². The van der Waals surface area contributed by atoms with Crippen LogP contribution in [0, 0.1) is 22.7 Å². The zero-order chi connectivity index (χ0) is 14.5. The Morgan fingerprint density at radius 3 is 2.70 bits per heavy atom. The molecule has 5 atom stereocenters. The summed E-state index contributed by atoms with van der Waals surface area (Å²) in [4.78, 5) is 4.59. The summed E-state index contributed by atoms with van der Waals surface area (Å²) in [5.41, 5.74) is -0.0329. The maximum atomic E-state index is 9.15. The molecule has 6 heteroatoms. The van der Waals surface area contributed by atoms with Gasteiger partial charge < -0.3 is 4.52 Å². The Kier molecular flexibility index (Phi) is 3.54. The van der Waals surface area contributed by atoms with Crippen molar-refractivity contribution in [1.82, 2.24) is 10.1 Å². The third-order valence-electron chi connectivity index (χ3n) is 4.53. The van der Waals surface area contributed by atoms with E-state index in [0.29, 0.717) is 21.6 Å². The van der Waals surface area contributed by atoms with Crippen molar-refractivity contribution >= 4 is 23.5 Å². The fourth-order valence-corrected chi connectivity index (χ4v) is 5.60. The molecule has 0 aromatic carbocycles. The summed E-state index contributed by atoms with van der Waals surface area (Å²) in [7, 11) is 0. The van der Waals surface area contributed by atoms with Gasteiger partial charge in [0.15, 0.2) is 5.82 Å². The molecule has 0 radical (unpaired) electrons. The van der Waals surface area contributed by atoms with E-state index in [-0.39, 0.29) is 17.3 Å². The topological polar surface area (TPSA) is 62.7 Å². The molecule has 3 rings (SSSR count). The highest BCUT2D eigenvalue weighted by Gasteiger charge is 2.62. The van der Waals surface area contributed by atoms with Gasteiger partial charge in [-0.2, -0.15) is 22.0 Å². The maximum Gasteiger partial charge on any atom is 0.231 e. The van der Waals surface area contributed by atoms with E-state index in [1.54, 1.807) is 0 Å². The molecule has 1 saturated heterocycles. The van der Waals surface area contributed by atoms with Gasteiger partial charge in [-0.1, -0.05) is 32.9 Å². The lowest BCUT2D eigenvalue weighted by molar-refractivity contribution is 0.363. The Balaban J connectivity index is 1.74. The number of aromatic nitrogens is 2. The third-order valence-corrected chi connectivity index (χ3v) is 7.92. The smallest absolute Gasteiger partial charge is 0.231 e. The van der Waals surface area contributed by atoms with E-state index < -0.39 is 0 Å². The third kappa shape index (κ3) is 2.25. The lowest BCUT2D eigenvalue weighted by atomic mass is 10.1. The minimum Gasteiger partial charge on any atom is -0.339 e. The van der Waals surface area contributed by atoms with Crippen LogP contribution in [0.3, 0.4) is 0 Å². The van der Waals surface area contributed by atoms with E-state index in [0.717, 1.165) is 11.6 Å². The van der Waals surface area contributed by atoms with Gasteiger partial charge in [-0.3, -0.25) is 0 Å². The van der Waals surface area contributed by atoms with Crippen LogP contribution in [0.4, 0.5) is 0 Å². The normalized spacial score (nSPS) is 39.2. The van der Waals surface area contributed by atoms with Crippen LogP contribution in [0.2, 0.25) is 0 Å². The molecule has 1 aromatic rings. The molecule has 2 heterocycles. The molecular weight excluding hydrogens is 290 g/mol. The van der Waals surface area contributed by atoms with Crippen molar-refractivity contribution in [3.05, 3.63) is 11.7 Å². The van der Waals surface area contributed by atoms with E-state index in [9.17, 15) is 0 Å². The van der Waals surface area contributed by atoms with Crippen molar-refractivity contribution in [3.8, 4) is 6.07 Å². The van der Waals surface area contributed by atoms with Crippen LogP contribution in [0.5, 0.6) is 0 Å². The van der Waals surface area contributed by atoms with Gasteiger partial charge in [0.1, 0.15) is 0 Å². The number of hydrogen-bond donors (Lipinski definition) is 0. The molecule has 0 N–H and O–H groups in total. The van der Waals surface area contributed by atoms with Gasteiger partial charge in [0.2, 0.25) is 5.89 Å². The van der Waals surface area contributed by atoms with Crippen LogP contribution in [-0.4, -0.2) is 26.4 Å². The molecule has 5 unspecified atom stereocenters. The van der Waals surface area contributed by atoms with Crippen molar-refractivity contribution in [2.45, 2.75) is 49.4 Å². The molecule has 1 saturated carbocycles. The summed E-state index contributed by atoms with van der Waals surface area (Å²) in [5, 5.41) is 14.9. The van der Waals surface area contributed by atoms with E-state index in [2.05, 4.69) is 43.9 Å². The van der Waals surface area contributed by atoms with Crippen LogP contribution in [0.25, 0.3) is 0 Å². The van der Waals surface area contributed by atoms with Gasteiger partial charge in [-0.25, -0.2) is 0 Å². The molecule has 0 amide bonds. The van der Waals surface area contributed by atoms with E-state index >= 15 is 0 Å². The summed E-state index contributed by atoms with van der Waals surface area (Å²) in [6.45, 7) is 8.70. The van der Waals surface area contributed by atoms with Gasteiger partial charge in [0.25, 0.3) is 0 Å². The van der Waals surface area contributed by atoms with Crippen LogP contribution in [0.1, 0.15) is 50.6 Å². The fraction of sp³-hybridized carbons (Fsp3) is 0.786. The lowest BCUT2D eigenvalue weighted by Crippen LogP contribution is -2.22. The molecule has 2 aliphatic rings. The lowest BCUT2D eigenvalue weighted by Gasteiger charge is -2.29. The molecule has 0 bridgehead atoms. The molecule has 1 aliphatic heterocycles. The van der Waals surface area contributed by atoms with Crippen molar-refractivity contribution in [2.24, 2.45) is 11.3 Å². The van der Waals surface area contributed by atoms with Crippen molar-refractivity contribution < 1.29 is 4.52 Å². The summed E-state index contributed by atoms with van der Waals surface area (Å²) in [5.74, 6) is 2.59. The number of nitrogens with zero attached hydrogens (tertiary/aromatic N) is 3. The van der Waals surface area contributed by atoms with Crippen molar-refractivity contribution in [2.75, 3.05) is 5.75 Å².